The minimum atomic E-state index is -0.790. The van der Waals surface area contributed by atoms with E-state index in [9.17, 15) is 9.18 Å². The monoisotopic (exact) mass is 172 g/mol. The summed E-state index contributed by atoms with van der Waals surface area (Å²) in [5.41, 5.74) is 0. The maximum atomic E-state index is 12.7. The molecular weight excluding hydrogens is 159 g/mol. The smallest absolute Gasteiger partial charge is 0.228 e. The lowest BCUT2D eigenvalue weighted by Gasteiger charge is -2.29. The van der Waals surface area contributed by atoms with E-state index in [-0.39, 0.29) is 11.8 Å². The molecule has 2 saturated heterocycles. The minimum Gasteiger partial charge on any atom is -0.339 e. The highest BCUT2D eigenvalue weighted by molar-refractivity contribution is 5.80. The molecule has 1 amide bonds. The van der Waals surface area contributed by atoms with Gasteiger partial charge in [0.2, 0.25) is 5.91 Å². The number of hydrogen-bond donors (Lipinski definition) is 1. The first-order chi connectivity index (χ1) is 5.77. The molecule has 1 atom stereocenters. The van der Waals surface area contributed by atoms with Gasteiger partial charge in [-0.05, 0) is 6.42 Å². The van der Waals surface area contributed by atoms with Crippen LogP contribution in [0.1, 0.15) is 6.42 Å². The Bertz CT molecular complexity index is 193. The van der Waals surface area contributed by atoms with Crippen molar-refractivity contribution in [1.29, 1.82) is 0 Å². The SMILES string of the molecule is O=C(C1CNC1)N1CC[C@@H](F)C1. The molecule has 12 heavy (non-hydrogen) atoms. The average Bonchev–Trinajstić information content (AvgIpc) is 2.31. The summed E-state index contributed by atoms with van der Waals surface area (Å²) in [6.07, 6.45) is -0.270. The molecule has 0 aromatic carbocycles. The average molecular weight is 172 g/mol. The van der Waals surface area contributed by atoms with Crippen LogP contribution in [0.5, 0.6) is 0 Å². The van der Waals surface area contributed by atoms with Crippen molar-refractivity contribution in [3.8, 4) is 0 Å². The topological polar surface area (TPSA) is 32.3 Å². The Morgan fingerprint density at radius 2 is 2.25 bits per heavy atom. The van der Waals surface area contributed by atoms with Crippen LogP contribution in [0.25, 0.3) is 0 Å². The van der Waals surface area contributed by atoms with Gasteiger partial charge >= 0.3 is 0 Å². The first-order valence-electron chi connectivity index (χ1n) is 4.41. The Morgan fingerprint density at radius 1 is 1.50 bits per heavy atom. The molecule has 2 heterocycles. The third kappa shape index (κ3) is 1.31. The maximum Gasteiger partial charge on any atom is 0.228 e. The highest BCUT2D eigenvalue weighted by atomic mass is 19.1. The van der Waals surface area contributed by atoms with Gasteiger partial charge in [-0.15, -0.1) is 0 Å². The summed E-state index contributed by atoms with van der Waals surface area (Å²) in [6.45, 7) is 2.46. The quantitative estimate of drug-likeness (QED) is 0.593. The fourth-order valence-corrected chi connectivity index (χ4v) is 1.64. The molecule has 2 fully saturated rings. The van der Waals surface area contributed by atoms with Gasteiger partial charge in [-0.3, -0.25) is 4.79 Å². The van der Waals surface area contributed by atoms with E-state index in [1.54, 1.807) is 4.90 Å². The van der Waals surface area contributed by atoms with Crippen LogP contribution in [0.3, 0.4) is 0 Å². The van der Waals surface area contributed by atoms with Gasteiger partial charge in [0, 0.05) is 19.6 Å². The molecule has 3 nitrogen and oxygen atoms in total. The predicted octanol–water partition coefficient (Wildman–Crippen LogP) is -0.224. The zero-order chi connectivity index (χ0) is 8.55. The molecule has 0 aromatic heterocycles. The van der Waals surface area contributed by atoms with Crippen molar-refractivity contribution in [3.05, 3.63) is 0 Å². The van der Waals surface area contributed by atoms with Gasteiger partial charge in [-0.25, -0.2) is 4.39 Å². The molecule has 0 radical (unpaired) electrons. The van der Waals surface area contributed by atoms with Crippen LogP contribution in [0, 0.1) is 5.92 Å². The van der Waals surface area contributed by atoms with Gasteiger partial charge < -0.3 is 10.2 Å². The lowest BCUT2D eigenvalue weighted by Crippen LogP contribution is -2.51. The number of carbonyl (C=O) groups excluding carboxylic acids is 1. The highest BCUT2D eigenvalue weighted by Gasteiger charge is 2.33. The maximum absolute atomic E-state index is 12.7. The van der Waals surface area contributed by atoms with E-state index in [1.165, 1.54) is 0 Å². The molecule has 0 spiro atoms. The van der Waals surface area contributed by atoms with Gasteiger partial charge in [0.25, 0.3) is 0 Å². The molecule has 2 aliphatic heterocycles. The first kappa shape index (κ1) is 7.98. The number of hydrogen-bond acceptors (Lipinski definition) is 2. The van der Waals surface area contributed by atoms with Gasteiger partial charge in [0.1, 0.15) is 6.17 Å². The normalized spacial score (nSPS) is 30.4. The van der Waals surface area contributed by atoms with Gasteiger partial charge in [-0.2, -0.15) is 0 Å². The summed E-state index contributed by atoms with van der Waals surface area (Å²) in [5.74, 6) is 0.254. The second-order valence-corrected chi connectivity index (χ2v) is 3.53. The van der Waals surface area contributed by atoms with Crippen molar-refractivity contribution in [2.75, 3.05) is 26.2 Å². The van der Waals surface area contributed by atoms with Crippen LogP contribution in [0.2, 0.25) is 0 Å². The molecule has 0 bridgehead atoms. The fourth-order valence-electron chi connectivity index (χ4n) is 1.64. The lowest BCUT2D eigenvalue weighted by atomic mass is 10.0. The number of alkyl halides is 1. The molecule has 0 aromatic rings. The van der Waals surface area contributed by atoms with Gasteiger partial charge in [0.05, 0.1) is 12.5 Å². The molecule has 2 aliphatic rings. The van der Waals surface area contributed by atoms with E-state index >= 15 is 0 Å². The summed E-state index contributed by atoms with van der Waals surface area (Å²) in [7, 11) is 0. The number of halogens is 1. The summed E-state index contributed by atoms with van der Waals surface area (Å²) in [5, 5.41) is 3.04. The molecule has 1 N–H and O–H groups in total. The number of carbonyl (C=O) groups is 1. The second-order valence-electron chi connectivity index (χ2n) is 3.53. The standard InChI is InChI=1S/C8H13FN2O/c9-7-1-2-11(5-7)8(12)6-3-10-4-6/h6-7,10H,1-5H2/t7-/m1/s1. The Labute approximate surface area is 70.9 Å². The second kappa shape index (κ2) is 3.01. The van der Waals surface area contributed by atoms with Crippen LogP contribution in [0.4, 0.5) is 4.39 Å². The van der Waals surface area contributed by atoms with Crippen molar-refractivity contribution < 1.29 is 9.18 Å². The fraction of sp³-hybridized carbons (Fsp3) is 0.875. The van der Waals surface area contributed by atoms with Gasteiger partial charge in [0.15, 0.2) is 0 Å². The molecule has 0 saturated carbocycles. The van der Waals surface area contributed by atoms with Crippen LogP contribution < -0.4 is 5.32 Å². The Morgan fingerprint density at radius 3 is 2.67 bits per heavy atom. The third-order valence-corrected chi connectivity index (χ3v) is 2.57. The molecule has 0 aliphatic carbocycles. The number of nitrogens with one attached hydrogen (secondary N) is 1. The Kier molecular flexibility index (Phi) is 2.00. The molecule has 2 rings (SSSR count). The summed E-state index contributed by atoms with van der Waals surface area (Å²) in [6, 6.07) is 0. The van der Waals surface area contributed by atoms with Crippen LogP contribution in [0.15, 0.2) is 0 Å². The van der Waals surface area contributed by atoms with E-state index in [0.717, 1.165) is 13.1 Å². The van der Waals surface area contributed by atoms with Crippen molar-refractivity contribution in [3.63, 3.8) is 0 Å². The Balaban J connectivity index is 1.87. The molecular formula is C8H13FN2O. The van der Waals surface area contributed by atoms with Crippen molar-refractivity contribution in [2.24, 2.45) is 5.92 Å². The summed E-state index contributed by atoms with van der Waals surface area (Å²) >= 11 is 0. The lowest BCUT2D eigenvalue weighted by molar-refractivity contribution is -0.136. The number of nitrogens with zero attached hydrogens (tertiary/aromatic N) is 1. The molecule has 4 heteroatoms. The molecule has 68 valence electrons. The summed E-state index contributed by atoms with van der Waals surface area (Å²) < 4.78 is 12.7. The molecule has 0 unspecified atom stereocenters. The number of amides is 1. The van der Waals surface area contributed by atoms with Crippen LogP contribution in [-0.4, -0.2) is 43.2 Å². The van der Waals surface area contributed by atoms with Crippen LogP contribution in [-0.2, 0) is 4.79 Å². The van der Waals surface area contributed by atoms with Gasteiger partial charge in [-0.1, -0.05) is 0 Å². The minimum absolute atomic E-state index is 0.121. The van der Waals surface area contributed by atoms with Crippen molar-refractivity contribution in [2.45, 2.75) is 12.6 Å². The highest BCUT2D eigenvalue weighted by Crippen LogP contribution is 2.16. The van der Waals surface area contributed by atoms with E-state index in [1.807, 2.05) is 0 Å². The van der Waals surface area contributed by atoms with Crippen LogP contribution >= 0.6 is 0 Å². The van der Waals surface area contributed by atoms with E-state index in [2.05, 4.69) is 5.32 Å². The van der Waals surface area contributed by atoms with E-state index < -0.39 is 6.17 Å². The number of rotatable bonds is 1. The number of likely N-dealkylation sites (tertiary alicyclic amines) is 1. The zero-order valence-electron chi connectivity index (χ0n) is 6.92. The first-order valence-corrected chi connectivity index (χ1v) is 4.41. The summed E-state index contributed by atoms with van der Waals surface area (Å²) in [4.78, 5) is 13.1. The van der Waals surface area contributed by atoms with Crippen molar-refractivity contribution in [1.82, 2.24) is 10.2 Å². The Hall–Kier alpha value is -0.640. The largest absolute Gasteiger partial charge is 0.339 e. The van der Waals surface area contributed by atoms with Crippen molar-refractivity contribution >= 4 is 5.91 Å². The van der Waals surface area contributed by atoms with E-state index in [4.69, 9.17) is 0 Å². The zero-order valence-corrected chi connectivity index (χ0v) is 6.92. The predicted molar refractivity (Wildman–Crippen MR) is 42.5 cm³/mol. The third-order valence-electron chi connectivity index (χ3n) is 2.57. The van der Waals surface area contributed by atoms with E-state index in [0.29, 0.717) is 19.5 Å².